The summed E-state index contributed by atoms with van der Waals surface area (Å²) in [4.78, 5) is 13.0. The molecule has 1 amide bonds. The van der Waals surface area contributed by atoms with E-state index in [1.165, 1.54) is 9.87 Å². The predicted molar refractivity (Wildman–Crippen MR) is 118 cm³/mol. The van der Waals surface area contributed by atoms with Gasteiger partial charge in [0, 0.05) is 23.6 Å². The Kier molecular flexibility index (Phi) is 7.49. The average molecular weight is 479 g/mol. The quantitative estimate of drug-likeness (QED) is 0.653. The number of sulfonamides is 1. The lowest BCUT2D eigenvalue weighted by Gasteiger charge is -2.32. The van der Waals surface area contributed by atoms with Gasteiger partial charge in [-0.25, -0.2) is 8.42 Å². The molecule has 1 N–H and O–H groups in total. The van der Waals surface area contributed by atoms with E-state index in [9.17, 15) is 13.2 Å². The number of nitrogens with one attached hydrogen (secondary N) is 1. The molecule has 1 heterocycles. The van der Waals surface area contributed by atoms with Crippen LogP contribution in [0.25, 0.3) is 0 Å². The Morgan fingerprint density at radius 2 is 1.86 bits per heavy atom. The summed E-state index contributed by atoms with van der Waals surface area (Å²) in [5, 5.41) is 3.07. The first-order valence-corrected chi connectivity index (χ1v) is 12.2. The van der Waals surface area contributed by atoms with Crippen LogP contribution >= 0.6 is 15.9 Å². The summed E-state index contributed by atoms with van der Waals surface area (Å²) in [6.45, 7) is 2.68. The molecular formula is C22H27BrN2O3S. The number of hydrogen-bond acceptors (Lipinski definition) is 3. The van der Waals surface area contributed by atoms with Crippen molar-refractivity contribution in [1.82, 2.24) is 9.62 Å². The molecule has 5 nitrogen and oxygen atoms in total. The molecule has 1 aliphatic rings. The number of nitrogens with zero attached hydrogens (tertiary/aromatic N) is 1. The van der Waals surface area contributed by atoms with Gasteiger partial charge in [0.25, 0.3) is 0 Å². The second kappa shape index (κ2) is 9.87. The van der Waals surface area contributed by atoms with E-state index < -0.39 is 10.0 Å². The van der Waals surface area contributed by atoms with Gasteiger partial charge in [-0.05, 0) is 62.4 Å². The van der Waals surface area contributed by atoms with Crippen molar-refractivity contribution in [3.8, 4) is 0 Å². The molecule has 0 unspecified atom stereocenters. The van der Waals surface area contributed by atoms with E-state index in [1.807, 2.05) is 25.1 Å². The van der Waals surface area contributed by atoms with Crippen LogP contribution in [-0.4, -0.2) is 37.8 Å². The average Bonchev–Trinajstić information content (AvgIpc) is 2.73. The second-order valence-electron chi connectivity index (χ2n) is 7.59. The van der Waals surface area contributed by atoms with Crippen molar-refractivity contribution in [2.24, 2.45) is 5.92 Å². The van der Waals surface area contributed by atoms with Gasteiger partial charge < -0.3 is 5.32 Å². The molecule has 0 saturated carbocycles. The third kappa shape index (κ3) is 5.90. The molecule has 0 aliphatic carbocycles. The van der Waals surface area contributed by atoms with E-state index in [0.717, 1.165) is 17.3 Å². The molecule has 1 saturated heterocycles. The fraction of sp³-hybridized carbons (Fsp3) is 0.409. The summed E-state index contributed by atoms with van der Waals surface area (Å²) in [7, 11) is -3.59. The van der Waals surface area contributed by atoms with Gasteiger partial charge in [0.2, 0.25) is 15.9 Å². The number of piperidine rings is 1. The molecule has 2 atom stereocenters. The lowest BCUT2D eigenvalue weighted by Crippen LogP contribution is -2.47. The highest BCUT2D eigenvalue weighted by atomic mass is 79.9. The third-order valence-corrected chi connectivity index (χ3v) is 7.71. The minimum atomic E-state index is -3.59. The van der Waals surface area contributed by atoms with Crippen LogP contribution in [0.2, 0.25) is 0 Å². The van der Waals surface area contributed by atoms with Gasteiger partial charge >= 0.3 is 0 Å². The van der Waals surface area contributed by atoms with Crippen LogP contribution in [-0.2, 0) is 21.2 Å². The zero-order chi connectivity index (χ0) is 20.9. The minimum Gasteiger partial charge on any atom is -0.353 e. The minimum absolute atomic E-state index is 0.0427. The largest absolute Gasteiger partial charge is 0.353 e. The monoisotopic (exact) mass is 478 g/mol. The lowest BCUT2D eigenvalue weighted by atomic mass is 9.98. The normalized spacial score (nSPS) is 18.9. The van der Waals surface area contributed by atoms with Crippen molar-refractivity contribution < 1.29 is 13.2 Å². The topological polar surface area (TPSA) is 66.5 Å². The van der Waals surface area contributed by atoms with Gasteiger partial charge in [0.15, 0.2) is 0 Å². The van der Waals surface area contributed by atoms with Gasteiger partial charge in [-0.1, -0.05) is 46.3 Å². The van der Waals surface area contributed by atoms with E-state index in [-0.39, 0.29) is 29.3 Å². The zero-order valence-corrected chi connectivity index (χ0v) is 19.0. The molecular weight excluding hydrogens is 452 g/mol. The predicted octanol–water partition coefficient (Wildman–Crippen LogP) is 3.99. The van der Waals surface area contributed by atoms with Crippen molar-refractivity contribution in [3.63, 3.8) is 0 Å². The van der Waals surface area contributed by atoms with E-state index in [2.05, 4.69) is 33.4 Å². The molecule has 7 heteroatoms. The Morgan fingerprint density at radius 3 is 2.55 bits per heavy atom. The van der Waals surface area contributed by atoms with Crippen LogP contribution in [0.5, 0.6) is 0 Å². The number of amides is 1. The molecule has 0 radical (unpaired) electrons. The number of rotatable bonds is 7. The summed E-state index contributed by atoms with van der Waals surface area (Å²) >= 11 is 3.33. The van der Waals surface area contributed by atoms with Gasteiger partial charge in [-0.2, -0.15) is 4.31 Å². The van der Waals surface area contributed by atoms with Crippen molar-refractivity contribution in [2.45, 2.75) is 43.5 Å². The van der Waals surface area contributed by atoms with Gasteiger partial charge in [0.05, 0.1) is 10.8 Å². The van der Waals surface area contributed by atoms with Crippen LogP contribution in [0.15, 0.2) is 64.0 Å². The molecule has 0 bridgehead atoms. The highest BCUT2D eigenvalue weighted by Gasteiger charge is 2.33. The van der Waals surface area contributed by atoms with Crippen molar-refractivity contribution in [1.29, 1.82) is 0 Å². The van der Waals surface area contributed by atoms with Crippen LogP contribution < -0.4 is 5.32 Å². The highest BCUT2D eigenvalue weighted by molar-refractivity contribution is 9.10. The van der Waals surface area contributed by atoms with Crippen LogP contribution in [0, 0.1) is 5.92 Å². The van der Waals surface area contributed by atoms with Crippen LogP contribution in [0.4, 0.5) is 0 Å². The molecule has 1 fully saturated rings. The van der Waals surface area contributed by atoms with Crippen molar-refractivity contribution in [3.05, 3.63) is 64.6 Å². The second-order valence-corrected chi connectivity index (χ2v) is 10.4. The Morgan fingerprint density at radius 1 is 1.17 bits per heavy atom. The zero-order valence-electron chi connectivity index (χ0n) is 16.6. The maximum absolute atomic E-state index is 12.9. The van der Waals surface area contributed by atoms with Crippen LogP contribution in [0.1, 0.15) is 31.7 Å². The maximum Gasteiger partial charge on any atom is 0.243 e. The molecule has 2 aromatic carbocycles. The van der Waals surface area contributed by atoms with Gasteiger partial charge in [-0.3, -0.25) is 4.79 Å². The molecule has 156 valence electrons. The van der Waals surface area contributed by atoms with Crippen molar-refractivity contribution in [2.75, 3.05) is 13.1 Å². The maximum atomic E-state index is 12.9. The number of halogens is 1. The standard InChI is InChI=1S/C22H27BrN2O3S/c1-17(9-10-18-6-3-2-4-7-18)24-22(26)19-8-5-15-25(16-19)29(27,28)21-13-11-20(23)12-14-21/h2-4,6-7,11-14,17,19H,5,8-10,15-16H2,1H3,(H,24,26)/t17-,19+/m0/s1. The van der Waals surface area contributed by atoms with E-state index in [0.29, 0.717) is 19.4 Å². The lowest BCUT2D eigenvalue weighted by molar-refractivity contribution is -0.126. The summed E-state index contributed by atoms with van der Waals surface area (Å²) in [5.41, 5.74) is 1.25. The molecule has 0 spiro atoms. The molecule has 2 aromatic rings. The van der Waals surface area contributed by atoms with Gasteiger partial charge in [0.1, 0.15) is 0 Å². The Bertz CT molecular complexity index is 917. The number of carbonyl (C=O) groups is 1. The van der Waals surface area contributed by atoms with E-state index in [1.54, 1.807) is 24.3 Å². The fourth-order valence-electron chi connectivity index (χ4n) is 3.59. The highest BCUT2D eigenvalue weighted by Crippen LogP contribution is 2.25. The Hall–Kier alpha value is -1.70. The number of benzene rings is 2. The number of hydrogen-bond donors (Lipinski definition) is 1. The summed E-state index contributed by atoms with van der Waals surface area (Å²) in [5.74, 6) is -0.366. The molecule has 3 rings (SSSR count). The Labute approximate surface area is 181 Å². The summed E-state index contributed by atoms with van der Waals surface area (Å²) < 4.78 is 28.1. The third-order valence-electron chi connectivity index (χ3n) is 5.30. The Balaban J connectivity index is 1.56. The number of aryl methyl sites for hydroxylation is 1. The van der Waals surface area contributed by atoms with Crippen molar-refractivity contribution >= 4 is 31.9 Å². The summed E-state index contributed by atoms with van der Waals surface area (Å²) in [6, 6.07) is 16.9. The fourth-order valence-corrected chi connectivity index (χ4v) is 5.38. The molecule has 0 aromatic heterocycles. The van der Waals surface area contributed by atoms with E-state index in [4.69, 9.17) is 0 Å². The van der Waals surface area contributed by atoms with E-state index >= 15 is 0 Å². The van der Waals surface area contributed by atoms with Crippen LogP contribution in [0.3, 0.4) is 0 Å². The SMILES string of the molecule is C[C@@H](CCc1ccccc1)NC(=O)[C@@H]1CCCN(S(=O)(=O)c2ccc(Br)cc2)C1. The summed E-state index contributed by atoms with van der Waals surface area (Å²) in [6.07, 6.45) is 3.15. The first kappa shape index (κ1) is 22.0. The smallest absolute Gasteiger partial charge is 0.243 e. The molecule has 1 aliphatic heterocycles. The first-order chi connectivity index (χ1) is 13.9. The number of carbonyl (C=O) groups excluding carboxylic acids is 1. The van der Waals surface area contributed by atoms with Gasteiger partial charge in [-0.15, -0.1) is 0 Å². The first-order valence-electron chi connectivity index (χ1n) is 9.96. The molecule has 29 heavy (non-hydrogen) atoms.